The molecule has 0 spiro atoms. The zero-order valence-electron chi connectivity index (χ0n) is 12.4. The van der Waals surface area contributed by atoms with Crippen molar-refractivity contribution in [2.45, 2.75) is 6.42 Å². The van der Waals surface area contributed by atoms with Crippen LogP contribution in [0.3, 0.4) is 0 Å². The molecule has 0 unspecified atom stereocenters. The molecule has 0 saturated heterocycles. The average Bonchev–Trinajstić information content (AvgIpc) is 3.00. The molecule has 0 radical (unpaired) electrons. The van der Waals surface area contributed by atoms with Crippen LogP contribution in [0.5, 0.6) is 0 Å². The molecule has 0 bridgehead atoms. The minimum atomic E-state index is -0.226. The highest BCUT2D eigenvalue weighted by Gasteiger charge is 2.08. The zero-order valence-corrected chi connectivity index (χ0v) is 12.4. The summed E-state index contributed by atoms with van der Waals surface area (Å²) in [7, 11) is 0. The van der Waals surface area contributed by atoms with Crippen molar-refractivity contribution in [3.63, 3.8) is 0 Å². The maximum atomic E-state index is 13.0. The molecule has 2 aromatic carbocycles. The molecule has 0 aliphatic carbocycles. The van der Waals surface area contributed by atoms with Crippen LogP contribution in [0.1, 0.15) is 11.3 Å². The molecule has 0 N–H and O–H groups in total. The summed E-state index contributed by atoms with van der Waals surface area (Å²) in [5.74, 6) is -0.226. The van der Waals surface area contributed by atoms with E-state index in [2.05, 4.69) is 4.98 Å². The molecule has 2 heterocycles. The molecular formula is C19H14FN3. The lowest BCUT2D eigenvalue weighted by molar-refractivity contribution is 0.627. The Kier molecular flexibility index (Phi) is 3.35. The van der Waals surface area contributed by atoms with Crippen LogP contribution in [0.4, 0.5) is 4.39 Å². The standard InChI is InChI=1S/C19H14FN3/c20-16-8-6-14(7-9-16)12-17-13-21-19-11-10-18(22-23(17)19)15-4-2-1-3-5-15/h1-11,13H,12H2. The van der Waals surface area contributed by atoms with Crippen molar-refractivity contribution in [1.29, 1.82) is 0 Å². The Morgan fingerprint density at radius 2 is 1.65 bits per heavy atom. The Morgan fingerprint density at radius 3 is 2.43 bits per heavy atom. The lowest BCUT2D eigenvalue weighted by Gasteiger charge is -2.05. The van der Waals surface area contributed by atoms with E-state index in [1.54, 1.807) is 12.1 Å². The van der Waals surface area contributed by atoms with Crippen LogP contribution < -0.4 is 0 Å². The SMILES string of the molecule is Fc1ccc(Cc2cnc3ccc(-c4ccccc4)nn23)cc1. The molecule has 0 fully saturated rings. The minimum Gasteiger partial charge on any atom is -0.235 e. The number of nitrogens with zero attached hydrogens (tertiary/aromatic N) is 3. The van der Waals surface area contributed by atoms with Crippen molar-refractivity contribution < 1.29 is 4.39 Å². The second-order valence-electron chi connectivity index (χ2n) is 5.41. The molecule has 23 heavy (non-hydrogen) atoms. The number of aromatic nitrogens is 3. The fourth-order valence-corrected chi connectivity index (χ4v) is 2.62. The van der Waals surface area contributed by atoms with Crippen LogP contribution >= 0.6 is 0 Å². The van der Waals surface area contributed by atoms with Gasteiger partial charge in [-0.05, 0) is 29.8 Å². The number of fused-ring (bicyclic) bond motifs is 1. The van der Waals surface area contributed by atoms with E-state index in [1.807, 2.05) is 53.2 Å². The molecule has 0 aliphatic rings. The summed E-state index contributed by atoms with van der Waals surface area (Å²) >= 11 is 0. The van der Waals surface area contributed by atoms with Crippen LogP contribution in [0.2, 0.25) is 0 Å². The van der Waals surface area contributed by atoms with Crippen LogP contribution in [0.25, 0.3) is 16.9 Å². The minimum absolute atomic E-state index is 0.226. The van der Waals surface area contributed by atoms with Crippen molar-refractivity contribution in [2.75, 3.05) is 0 Å². The van der Waals surface area contributed by atoms with Gasteiger partial charge in [-0.1, -0.05) is 42.5 Å². The summed E-state index contributed by atoms with van der Waals surface area (Å²) in [5.41, 5.74) is 4.78. The first kappa shape index (κ1) is 13.6. The lowest BCUT2D eigenvalue weighted by Crippen LogP contribution is -2.00. The number of halogens is 1. The van der Waals surface area contributed by atoms with Crippen molar-refractivity contribution in [3.8, 4) is 11.3 Å². The highest BCUT2D eigenvalue weighted by Crippen LogP contribution is 2.18. The van der Waals surface area contributed by atoms with Gasteiger partial charge in [-0.25, -0.2) is 13.9 Å². The van der Waals surface area contributed by atoms with E-state index < -0.39 is 0 Å². The maximum Gasteiger partial charge on any atom is 0.153 e. The van der Waals surface area contributed by atoms with Crippen LogP contribution in [0, 0.1) is 5.82 Å². The van der Waals surface area contributed by atoms with Gasteiger partial charge in [0.1, 0.15) is 5.82 Å². The number of hydrogen-bond acceptors (Lipinski definition) is 2. The van der Waals surface area contributed by atoms with E-state index in [0.717, 1.165) is 28.2 Å². The van der Waals surface area contributed by atoms with Crippen LogP contribution in [-0.4, -0.2) is 14.6 Å². The van der Waals surface area contributed by atoms with Gasteiger partial charge in [0.15, 0.2) is 5.65 Å². The highest BCUT2D eigenvalue weighted by atomic mass is 19.1. The van der Waals surface area contributed by atoms with Gasteiger partial charge in [-0.2, -0.15) is 5.10 Å². The van der Waals surface area contributed by atoms with Gasteiger partial charge in [-0.15, -0.1) is 0 Å². The average molecular weight is 303 g/mol. The van der Waals surface area contributed by atoms with Gasteiger partial charge in [0.2, 0.25) is 0 Å². The summed E-state index contributed by atoms with van der Waals surface area (Å²) in [6.07, 6.45) is 2.48. The normalized spacial score (nSPS) is 11.0. The fourth-order valence-electron chi connectivity index (χ4n) is 2.62. The smallest absolute Gasteiger partial charge is 0.153 e. The van der Waals surface area contributed by atoms with E-state index in [-0.39, 0.29) is 5.82 Å². The Labute approximate surface area is 133 Å². The first-order valence-electron chi connectivity index (χ1n) is 7.43. The highest BCUT2D eigenvalue weighted by molar-refractivity contribution is 5.60. The summed E-state index contributed by atoms with van der Waals surface area (Å²) in [5, 5.41) is 4.70. The Hall–Kier alpha value is -3.01. The van der Waals surface area contributed by atoms with Gasteiger partial charge in [0.05, 0.1) is 17.6 Å². The topological polar surface area (TPSA) is 30.2 Å². The summed E-state index contributed by atoms with van der Waals surface area (Å²) in [6.45, 7) is 0. The Bertz CT molecular complexity index is 943. The van der Waals surface area contributed by atoms with Gasteiger partial charge in [-0.3, -0.25) is 0 Å². The molecule has 0 atom stereocenters. The number of hydrogen-bond donors (Lipinski definition) is 0. The lowest BCUT2D eigenvalue weighted by atomic mass is 10.1. The predicted octanol–water partition coefficient (Wildman–Crippen LogP) is 4.13. The van der Waals surface area contributed by atoms with E-state index in [0.29, 0.717) is 6.42 Å². The van der Waals surface area contributed by atoms with Gasteiger partial charge in [0, 0.05) is 12.0 Å². The monoisotopic (exact) mass is 303 g/mol. The summed E-state index contributed by atoms with van der Waals surface area (Å²) < 4.78 is 14.9. The van der Waals surface area contributed by atoms with E-state index in [9.17, 15) is 4.39 Å². The quantitative estimate of drug-likeness (QED) is 0.570. The number of imidazole rings is 1. The molecule has 0 amide bonds. The molecule has 2 aromatic heterocycles. The Balaban J connectivity index is 1.74. The maximum absolute atomic E-state index is 13.0. The molecular weight excluding hydrogens is 289 g/mol. The van der Waals surface area contributed by atoms with Crippen LogP contribution in [-0.2, 0) is 6.42 Å². The van der Waals surface area contributed by atoms with E-state index >= 15 is 0 Å². The Morgan fingerprint density at radius 1 is 0.870 bits per heavy atom. The summed E-state index contributed by atoms with van der Waals surface area (Å²) in [6, 6.07) is 20.5. The van der Waals surface area contributed by atoms with Crippen LogP contribution in [0.15, 0.2) is 72.9 Å². The van der Waals surface area contributed by atoms with Gasteiger partial charge in [0.25, 0.3) is 0 Å². The molecule has 3 nitrogen and oxygen atoms in total. The van der Waals surface area contributed by atoms with E-state index in [4.69, 9.17) is 5.10 Å². The fraction of sp³-hybridized carbons (Fsp3) is 0.0526. The molecule has 4 aromatic rings. The molecule has 0 saturated carbocycles. The number of rotatable bonds is 3. The van der Waals surface area contributed by atoms with Crippen molar-refractivity contribution in [1.82, 2.24) is 14.6 Å². The first-order chi connectivity index (χ1) is 11.3. The second-order valence-corrected chi connectivity index (χ2v) is 5.41. The zero-order chi connectivity index (χ0) is 15.6. The van der Waals surface area contributed by atoms with Crippen molar-refractivity contribution in [3.05, 3.63) is 90.0 Å². The molecule has 4 heteroatoms. The predicted molar refractivity (Wildman–Crippen MR) is 87.6 cm³/mol. The first-order valence-corrected chi connectivity index (χ1v) is 7.43. The second kappa shape index (κ2) is 5.65. The third-order valence-electron chi connectivity index (χ3n) is 3.80. The summed E-state index contributed by atoms with van der Waals surface area (Å²) in [4.78, 5) is 4.39. The number of benzene rings is 2. The third kappa shape index (κ3) is 2.71. The van der Waals surface area contributed by atoms with Crippen molar-refractivity contribution >= 4 is 5.65 Å². The molecule has 4 rings (SSSR count). The molecule has 0 aliphatic heterocycles. The largest absolute Gasteiger partial charge is 0.235 e. The van der Waals surface area contributed by atoms with E-state index in [1.165, 1.54) is 12.1 Å². The van der Waals surface area contributed by atoms with Gasteiger partial charge < -0.3 is 0 Å². The molecule has 112 valence electrons. The third-order valence-corrected chi connectivity index (χ3v) is 3.80. The van der Waals surface area contributed by atoms with Gasteiger partial charge >= 0.3 is 0 Å². The van der Waals surface area contributed by atoms with Crippen molar-refractivity contribution in [2.24, 2.45) is 0 Å².